The van der Waals surface area contributed by atoms with Crippen molar-refractivity contribution in [3.05, 3.63) is 47.9 Å². The van der Waals surface area contributed by atoms with Gasteiger partial charge in [0.1, 0.15) is 6.04 Å². The summed E-state index contributed by atoms with van der Waals surface area (Å²) in [6, 6.07) is 1.40. The molecule has 7 heteroatoms. The van der Waals surface area contributed by atoms with Crippen LogP contribution in [-0.2, 0) is 13.5 Å². The molecule has 2 N–H and O–H groups in total. The maximum Gasteiger partial charge on any atom is 0.248 e. The Balaban J connectivity index is 1.93. The summed E-state index contributed by atoms with van der Waals surface area (Å²) in [7, 11) is 1.83. The average Bonchev–Trinajstić information content (AvgIpc) is 3.15. The third-order valence-corrected chi connectivity index (χ3v) is 3.32. The summed E-state index contributed by atoms with van der Waals surface area (Å²) < 4.78 is 6.99. The Bertz CT molecular complexity index is 747. The molecule has 21 heavy (non-hydrogen) atoms. The summed E-state index contributed by atoms with van der Waals surface area (Å²) >= 11 is 0. The fourth-order valence-electron chi connectivity index (χ4n) is 2.14. The largest absolute Gasteiger partial charge is 0.337 e. The fourth-order valence-corrected chi connectivity index (χ4v) is 2.14. The van der Waals surface area contributed by atoms with Crippen LogP contribution in [0.4, 0.5) is 0 Å². The molecule has 0 aliphatic heterocycles. The van der Waals surface area contributed by atoms with E-state index in [-0.39, 0.29) is 0 Å². The van der Waals surface area contributed by atoms with Crippen LogP contribution >= 0.6 is 0 Å². The van der Waals surface area contributed by atoms with Crippen molar-refractivity contribution >= 4 is 0 Å². The van der Waals surface area contributed by atoms with E-state index < -0.39 is 6.04 Å². The minimum Gasteiger partial charge on any atom is -0.337 e. The van der Waals surface area contributed by atoms with Gasteiger partial charge in [-0.15, -0.1) is 0 Å². The lowest BCUT2D eigenvalue weighted by Crippen LogP contribution is -2.11. The number of aromatic nitrogens is 5. The molecule has 0 fully saturated rings. The normalized spacial score (nSPS) is 12.5. The second kappa shape index (κ2) is 5.45. The van der Waals surface area contributed by atoms with Crippen molar-refractivity contribution in [3.8, 4) is 11.4 Å². The van der Waals surface area contributed by atoms with E-state index >= 15 is 0 Å². The Morgan fingerprint density at radius 3 is 2.95 bits per heavy atom. The van der Waals surface area contributed by atoms with Crippen LogP contribution in [0.3, 0.4) is 0 Å². The number of pyridine rings is 1. The van der Waals surface area contributed by atoms with Crippen molar-refractivity contribution in [1.29, 1.82) is 0 Å². The van der Waals surface area contributed by atoms with Gasteiger partial charge in [0.05, 0.1) is 6.20 Å². The number of hydrogen-bond acceptors (Lipinski definition) is 6. The highest BCUT2D eigenvalue weighted by atomic mass is 16.5. The summed E-state index contributed by atoms with van der Waals surface area (Å²) in [6.07, 6.45) is 7.90. The summed E-state index contributed by atoms with van der Waals surface area (Å²) in [5.74, 6) is 0.903. The van der Waals surface area contributed by atoms with Crippen molar-refractivity contribution in [1.82, 2.24) is 24.9 Å². The number of aryl methyl sites for hydroxylation is 2. The highest BCUT2D eigenvalue weighted by Crippen LogP contribution is 2.23. The Kier molecular flexibility index (Phi) is 3.49. The van der Waals surface area contributed by atoms with Crippen molar-refractivity contribution < 1.29 is 4.52 Å². The van der Waals surface area contributed by atoms with Crippen molar-refractivity contribution in [2.75, 3.05) is 0 Å². The monoisotopic (exact) mass is 284 g/mol. The summed E-state index contributed by atoms with van der Waals surface area (Å²) in [6.45, 7) is 2.06. The molecular weight excluding hydrogens is 268 g/mol. The van der Waals surface area contributed by atoms with Crippen molar-refractivity contribution in [2.45, 2.75) is 19.4 Å². The van der Waals surface area contributed by atoms with Gasteiger partial charge in [0, 0.05) is 36.8 Å². The van der Waals surface area contributed by atoms with E-state index in [2.05, 4.69) is 27.1 Å². The molecule has 0 radical (unpaired) electrons. The molecule has 3 rings (SSSR count). The Hall–Kier alpha value is -2.54. The number of hydrogen-bond donors (Lipinski definition) is 1. The van der Waals surface area contributed by atoms with E-state index in [0.29, 0.717) is 11.7 Å². The molecule has 1 atom stereocenters. The first kappa shape index (κ1) is 13.4. The van der Waals surface area contributed by atoms with Gasteiger partial charge in [-0.05, 0) is 18.1 Å². The molecule has 7 nitrogen and oxygen atoms in total. The molecule has 0 bridgehead atoms. The van der Waals surface area contributed by atoms with Gasteiger partial charge in [-0.1, -0.05) is 12.1 Å². The number of rotatable bonds is 4. The third kappa shape index (κ3) is 2.55. The molecule has 0 aromatic carbocycles. The Labute approximate surface area is 121 Å². The van der Waals surface area contributed by atoms with Gasteiger partial charge < -0.3 is 10.3 Å². The highest BCUT2D eigenvalue weighted by Gasteiger charge is 2.19. The molecule has 0 aliphatic rings. The minimum absolute atomic E-state index is 0.372. The van der Waals surface area contributed by atoms with E-state index in [9.17, 15) is 0 Å². The van der Waals surface area contributed by atoms with E-state index in [0.717, 1.165) is 23.1 Å². The van der Waals surface area contributed by atoms with Crippen LogP contribution in [0.1, 0.15) is 30.0 Å². The summed E-state index contributed by atoms with van der Waals surface area (Å²) in [5.41, 5.74) is 8.95. The predicted molar refractivity (Wildman–Crippen MR) is 76.1 cm³/mol. The van der Waals surface area contributed by atoms with Crippen LogP contribution in [0.2, 0.25) is 0 Å². The maximum absolute atomic E-state index is 6.13. The molecule has 1 unspecified atom stereocenters. The van der Waals surface area contributed by atoms with Crippen LogP contribution < -0.4 is 5.73 Å². The van der Waals surface area contributed by atoms with Crippen LogP contribution in [-0.4, -0.2) is 24.9 Å². The average molecular weight is 284 g/mol. The lowest BCUT2D eigenvalue weighted by molar-refractivity contribution is 0.367. The first-order valence-corrected chi connectivity index (χ1v) is 6.70. The summed E-state index contributed by atoms with van der Waals surface area (Å²) in [4.78, 5) is 8.52. The second-order valence-electron chi connectivity index (χ2n) is 4.77. The summed E-state index contributed by atoms with van der Waals surface area (Å²) in [5, 5.41) is 8.12. The zero-order chi connectivity index (χ0) is 14.8. The topological polar surface area (TPSA) is 95.6 Å². The molecule has 3 aromatic heterocycles. The van der Waals surface area contributed by atoms with Gasteiger partial charge >= 0.3 is 0 Å². The first-order valence-electron chi connectivity index (χ1n) is 6.70. The van der Waals surface area contributed by atoms with E-state index in [1.807, 2.05) is 25.5 Å². The standard InChI is InChI=1S/C14H16N6O/c1-3-9-6-16-5-4-11(9)13-18-14(21-19-13)12(15)10-7-17-20(2)8-10/h4-8,12H,3,15H2,1-2H3. The molecule has 0 aliphatic carbocycles. The quantitative estimate of drug-likeness (QED) is 0.779. The first-order chi connectivity index (χ1) is 10.2. The lowest BCUT2D eigenvalue weighted by Gasteiger charge is -2.02. The maximum atomic E-state index is 6.13. The number of nitrogens with zero attached hydrogens (tertiary/aromatic N) is 5. The smallest absolute Gasteiger partial charge is 0.248 e. The van der Waals surface area contributed by atoms with Gasteiger partial charge in [-0.25, -0.2) is 0 Å². The van der Waals surface area contributed by atoms with Crippen LogP contribution in [0, 0.1) is 0 Å². The molecule has 3 aromatic rings. The van der Waals surface area contributed by atoms with Crippen molar-refractivity contribution in [3.63, 3.8) is 0 Å². The van der Waals surface area contributed by atoms with Gasteiger partial charge in [0.25, 0.3) is 0 Å². The Morgan fingerprint density at radius 2 is 2.24 bits per heavy atom. The van der Waals surface area contributed by atoms with E-state index in [4.69, 9.17) is 10.3 Å². The molecular formula is C14H16N6O. The van der Waals surface area contributed by atoms with Gasteiger partial charge in [-0.2, -0.15) is 10.1 Å². The molecule has 0 saturated carbocycles. The van der Waals surface area contributed by atoms with E-state index in [1.165, 1.54) is 0 Å². The predicted octanol–water partition coefficient (Wildman–Crippen LogP) is 1.48. The van der Waals surface area contributed by atoms with Crippen LogP contribution in [0.5, 0.6) is 0 Å². The molecule has 108 valence electrons. The van der Waals surface area contributed by atoms with Gasteiger partial charge in [0.2, 0.25) is 11.7 Å². The van der Waals surface area contributed by atoms with E-state index in [1.54, 1.807) is 17.1 Å². The van der Waals surface area contributed by atoms with Crippen LogP contribution in [0.15, 0.2) is 35.4 Å². The second-order valence-corrected chi connectivity index (χ2v) is 4.77. The SMILES string of the molecule is CCc1cnccc1-c1noc(C(N)c2cnn(C)c2)n1. The lowest BCUT2D eigenvalue weighted by atomic mass is 10.1. The Morgan fingerprint density at radius 1 is 1.38 bits per heavy atom. The highest BCUT2D eigenvalue weighted by molar-refractivity contribution is 5.58. The zero-order valence-corrected chi connectivity index (χ0v) is 11.9. The zero-order valence-electron chi connectivity index (χ0n) is 11.9. The molecule has 0 spiro atoms. The molecule has 0 saturated heterocycles. The minimum atomic E-state index is -0.480. The van der Waals surface area contributed by atoms with Crippen LogP contribution in [0.25, 0.3) is 11.4 Å². The number of nitrogens with two attached hydrogens (primary N) is 1. The van der Waals surface area contributed by atoms with Gasteiger partial charge in [0.15, 0.2) is 0 Å². The fraction of sp³-hybridized carbons (Fsp3) is 0.286. The van der Waals surface area contributed by atoms with Crippen molar-refractivity contribution in [2.24, 2.45) is 12.8 Å². The third-order valence-electron chi connectivity index (χ3n) is 3.32. The van der Waals surface area contributed by atoms with Gasteiger partial charge in [-0.3, -0.25) is 9.67 Å². The molecule has 3 heterocycles. The molecule has 0 amide bonds.